The van der Waals surface area contributed by atoms with E-state index >= 15 is 0 Å². The van der Waals surface area contributed by atoms with Gasteiger partial charge in [-0.25, -0.2) is 16.8 Å². The first-order valence-electron chi connectivity index (χ1n) is 12.1. The molecule has 0 radical (unpaired) electrons. The van der Waals surface area contributed by atoms with Crippen LogP contribution in [0.2, 0.25) is 10.0 Å². The highest BCUT2D eigenvalue weighted by molar-refractivity contribution is 7.92. The number of nitrogens with zero attached hydrogens (tertiary/aromatic N) is 1. The van der Waals surface area contributed by atoms with Gasteiger partial charge in [-0.2, -0.15) is 4.31 Å². The van der Waals surface area contributed by atoms with Gasteiger partial charge in [0.25, 0.3) is 15.9 Å². The molecule has 1 amide bonds. The van der Waals surface area contributed by atoms with Crippen molar-refractivity contribution in [2.45, 2.75) is 35.6 Å². The molecule has 3 aromatic rings. The number of carbonyl (C=O) groups excluding carboxylic acids is 1. The van der Waals surface area contributed by atoms with E-state index in [1.165, 1.54) is 34.6 Å². The first-order chi connectivity index (χ1) is 18.5. The summed E-state index contributed by atoms with van der Waals surface area (Å²) in [5, 5.41) is 3.19. The number of halogens is 2. The molecule has 1 aliphatic heterocycles. The van der Waals surface area contributed by atoms with Crippen molar-refractivity contribution in [3.05, 3.63) is 82.3 Å². The van der Waals surface area contributed by atoms with Crippen LogP contribution in [0.25, 0.3) is 0 Å². The van der Waals surface area contributed by atoms with Crippen LogP contribution in [0, 0.1) is 0 Å². The molecule has 0 atom stereocenters. The lowest BCUT2D eigenvalue weighted by molar-refractivity contribution is -0.123. The Balaban J connectivity index is 1.28. The number of hydrogen-bond donors (Lipinski definition) is 2. The van der Waals surface area contributed by atoms with E-state index < -0.39 is 26.0 Å². The van der Waals surface area contributed by atoms with Crippen LogP contribution in [-0.4, -0.2) is 46.7 Å². The fourth-order valence-electron chi connectivity index (χ4n) is 3.93. The molecule has 1 saturated heterocycles. The lowest BCUT2D eigenvalue weighted by atomic mass is 10.2. The van der Waals surface area contributed by atoms with E-state index in [1.807, 2.05) is 0 Å². The molecule has 0 bridgehead atoms. The lowest BCUT2D eigenvalue weighted by Gasteiger charge is -2.25. The van der Waals surface area contributed by atoms with E-state index in [1.54, 1.807) is 36.4 Å². The summed E-state index contributed by atoms with van der Waals surface area (Å²) < 4.78 is 60.2. The van der Waals surface area contributed by atoms with Crippen molar-refractivity contribution in [3.63, 3.8) is 0 Å². The third-order valence-electron chi connectivity index (χ3n) is 6.03. The van der Waals surface area contributed by atoms with Gasteiger partial charge in [-0.1, -0.05) is 41.8 Å². The van der Waals surface area contributed by atoms with Gasteiger partial charge in [0.05, 0.1) is 14.8 Å². The summed E-state index contributed by atoms with van der Waals surface area (Å²) in [5.41, 5.74) is 1.06. The van der Waals surface area contributed by atoms with E-state index in [9.17, 15) is 21.6 Å². The number of amides is 1. The Morgan fingerprint density at radius 3 is 2.13 bits per heavy atom. The summed E-state index contributed by atoms with van der Waals surface area (Å²) in [6.45, 7) is 0.885. The molecule has 0 unspecified atom stereocenters. The maximum atomic E-state index is 12.8. The lowest BCUT2D eigenvalue weighted by Crippen LogP contribution is -2.35. The van der Waals surface area contributed by atoms with Gasteiger partial charge in [0, 0.05) is 30.3 Å². The predicted molar refractivity (Wildman–Crippen MR) is 150 cm³/mol. The van der Waals surface area contributed by atoms with Crippen LogP contribution >= 0.6 is 23.2 Å². The standard InChI is InChI=1S/C26H27Cl2N3O6S2/c27-20-6-8-21(9-7-20)30-38(33,34)23-12-13-25(24(28)16-23)37-18-26(32)29-17-19-4-10-22(11-5-19)39(35,36)31-14-2-1-3-15-31/h4-13,16,30H,1-3,14-15,17-18H2,(H,29,32). The quantitative estimate of drug-likeness (QED) is 0.344. The normalized spacial score (nSPS) is 14.5. The van der Waals surface area contributed by atoms with Gasteiger partial charge in [0.2, 0.25) is 10.0 Å². The average molecular weight is 613 g/mol. The second-order valence-electron chi connectivity index (χ2n) is 8.88. The molecule has 3 aromatic carbocycles. The summed E-state index contributed by atoms with van der Waals surface area (Å²) in [5.74, 6) is -0.290. The average Bonchev–Trinajstić information content (AvgIpc) is 2.93. The molecule has 1 aliphatic rings. The van der Waals surface area contributed by atoms with E-state index in [2.05, 4.69) is 10.0 Å². The van der Waals surface area contributed by atoms with Crippen molar-refractivity contribution in [2.24, 2.45) is 0 Å². The van der Waals surface area contributed by atoms with Gasteiger partial charge in [-0.3, -0.25) is 9.52 Å². The molecule has 13 heteroatoms. The predicted octanol–water partition coefficient (Wildman–Crippen LogP) is 4.66. The van der Waals surface area contributed by atoms with E-state index in [0.717, 1.165) is 24.8 Å². The maximum Gasteiger partial charge on any atom is 0.261 e. The molecule has 1 heterocycles. The Morgan fingerprint density at radius 2 is 1.49 bits per heavy atom. The zero-order valence-corrected chi connectivity index (χ0v) is 23.9. The van der Waals surface area contributed by atoms with Gasteiger partial charge in [-0.05, 0) is 73.0 Å². The Bertz CT molecular complexity index is 1520. The Kier molecular flexibility index (Phi) is 9.39. The van der Waals surface area contributed by atoms with Crippen LogP contribution < -0.4 is 14.8 Å². The van der Waals surface area contributed by atoms with Crippen molar-refractivity contribution in [1.82, 2.24) is 9.62 Å². The van der Waals surface area contributed by atoms with Crippen LogP contribution in [0.1, 0.15) is 24.8 Å². The zero-order valence-electron chi connectivity index (χ0n) is 20.8. The second-order valence-corrected chi connectivity index (χ2v) is 13.3. The molecule has 1 fully saturated rings. The fourth-order valence-corrected chi connectivity index (χ4v) is 6.95. The highest BCUT2D eigenvalue weighted by Crippen LogP contribution is 2.28. The SMILES string of the molecule is O=C(COc1ccc(S(=O)(=O)Nc2ccc(Cl)cc2)cc1Cl)NCc1ccc(S(=O)(=O)N2CCCCC2)cc1. The van der Waals surface area contributed by atoms with Crippen molar-refractivity contribution < 1.29 is 26.4 Å². The molecule has 208 valence electrons. The largest absolute Gasteiger partial charge is 0.482 e. The smallest absolute Gasteiger partial charge is 0.261 e. The van der Waals surface area contributed by atoms with Crippen LogP contribution in [0.5, 0.6) is 5.75 Å². The summed E-state index contributed by atoms with van der Waals surface area (Å²) in [6, 6.07) is 16.5. The summed E-state index contributed by atoms with van der Waals surface area (Å²) in [6.07, 6.45) is 2.76. The van der Waals surface area contributed by atoms with Gasteiger partial charge in [-0.15, -0.1) is 0 Å². The fraction of sp³-hybridized carbons (Fsp3) is 0.269. The first-order valence-corrected chi connectivity index (χ1v) is 15.8. The summed E-state index contributed by atoms with van der Waals surface area (Å²) in [7, 11) is -7.42. The van der Waals surface area contributed by atoms with Crippen LogP contribution in [-0.2, 0) is 31.4 Å². The Labute approximate surface area is 238 Å². The highest BCUT2D eigenvalue weighted by atomic mass is 35.5. The van der Waals surface area contributed by atoms with Crippen molar-refractivity contribution >= 4 is 54.8 Å². The number of benzene rings is 3. The number of anilines is 1. The molecule has 0 aromatic heterocycles. The molecule has 9 nitrogen and oxygen atoms in total. The van der Waals surface area contributed by atoms with Gasteiger partial charge in [0.1, 0.15) is 5.75 Å². The third kappa shape index (κ3) is 7.64. The molecule has 4 rings (SSSR count). The summed E-state index contributed by atoms with van der Waals surface area (Å²) >= 11 is 12.0. The monoisotopic (exact) mass is 611 g/mol. The Morgan fingerprint density at radius 1 is 0.846 bits per heavy atom. The molecule has 0 saturated carbocycles. The van der Waals surface area contributed by atoms with Crippen molar-refractivity contribution in [1.29, 1.82) is 0 Å². The van der Waals surface area contributed by atoms with E-state index in [-0.39, 0.29) is 33.7 Å². The number of sulfonamides is 2. The van der Waals surface area contributed by atoms with Crippen LogP contribution in [0.15, 0.2) is 76.5 Å². The number of hydrogen-bond acceptors (Lipinski definition) is 6. The van der Waals surface area contributed by atoms with E-state index in [4.69, 9.17) is 27.9 Å². The minimum absolute atomic E-state index is 0.0206. The van der Waals surface area contributed by atoms with Crippen LogP contribution in [0.4, 0.5) is 5.69 Å². The number of rotatable bonds is 10. The van der Waals surface area contributed by atoms with Crippen molar-refractivity contribution in [3.8, 4) is 5.75 Å². The topological polar surface area (TPSA) is 122 Å². The van der Waals surface area contributed by atoms with Gasteiger partial charge in [0.15, 0.2) is 6.61 Å². The second kappa shape index (κ2) is 12.6. The number of nitrogens with one attached hydrogen (secondary N) is 2. The van der Waals surface area contributed by atoms with E-state index in [0.29, 0.717) is 23.8 Å². The molecule has 39 heavy (non-hydrogen) atoms. The first kappa shape index (κ1) is 29.2. The molecule has 0 spiro atoms. The number of piperidine rings is 1. The van der Waals surface area contributed by atoms with Gasteiger partial charge < -0.3 is 10.1 Å². The zero-order chi connectivity index (χ0) is 28.0. The molecule has 2 N–H and O–H groups in total. The summed E-state index contributed by atoms with van der Waals surface area (Å²) in [4.78, 5) is 12.4. The molecule has 0 aliphatic carbocycles. The minimum atomic E-state index is -3.91. The highest BCUT2D eigenvalue weighted by Gasteiger charge is 2.25. The van der Waals surface area contributed by atoms with Gasteiger partial charge >= 0.3 is 0 Å². The number of carbonyl (C=O) groups is 1. The van der Waals surface area contributed by atoms with Crippen molar-refractivity contribution in [2.75, 3.05) is 24.4 Å². The Hall–Kier alpha value is -2.83. The molecular weight excluding hydrogens is 585 g/mol. The van der Waals surface area contributed by atoms with Crippen LogP contribution in [0.3, 0.4) is 0 Å². The third-order valence-corrected chi connectivity index (χ3v) is 9.87. The maximum absolute atomic E-state index is 12.8. The molecular formula is C26H27Cl2N3O6S2. The minimum Gasteiger partial charge on any atom is -0.482 e. The number of ether oxygens (including phenoxy) is 1.